The van der Waals surface area contributed by atoms with Gasteiger partial charge in [-0.2, -0.15) is 0 Å². The van der Waals surface area contributed by atoms with Gasteiger partial charge in [-0.25, -0.2) is 0 Å². The highest BCUT2D eigenvalue weighted by Crippen LogP contribution is 2.52. The standard InChI is InChI=1S/C59H65BN2O/c1-36-30-49-52-50(31-36)62(47-26-22-39(56(5,6)7)32-42(47)37-18-16-15-17-19-37)48-27-23-40(57(8,9)10)33-46(48)60(52)54-53(61(49)41-24-20-38(21-25-41)55(2,3)4)43-34-44-45(35-51(43)63-54)59(13,14)29-28-58(44,11)12/h15-27,30-35H,28-29H2,1-14H3/i28D2,29D2. The number of anilines is 6. The zero-order chi connectivity index (χ0) is 48.3. The Morgan fingerprint density at radius 2 is 1.11 bits per heavy atom. The third-order valence-electron chi connectivity index (χ3n) is 14.0. The molecular formula is C59H65BN2O. The van der Waals surface area contributed by atoms with Crippen molar-refractivity contribution in [3.8, 4) is 11.1 Å². The van der Waals surface area contributed by atoms with Gasteiger partial charge < -0.3 is 14.2 Å². The zero-order valence-electron chi connectivity index (χ0n) is 43.8. The molecule has 1 aromatic heterocycles. The fourth-order valence-electron chi connectivity index (χ4n) is 10.3. The topological polar surface area (TPSA) is 19.6 Å². The number of furan rings is 1. The molecule has 0 saturated carbocycles. The van der Waals surface area contributed by atoms with Crippen LogP contribution in [-0.4, -0.2) is 6.71 Å². The van der Waals surface area contributed by atoms with E-state index in [1.807, 2.05) is 33.8 Å². The van der Waals surface area contributed by atoms with Gasteiger partial charge in [0.25, 0.3) is 6.71 Å². The molecule has 10 rings (SSSR count). The molecule has 63 heavy (non-hydrogen) atoms. The van der Waals surface area contributed by atoms with Gasteiger partial charge in [0.05, 0.1) is 17.0 Å². The van der Waals surface area contributed by atoms with Crippen LogP contribution in [0.2, 0.25) is 0 Å². The van der Waals surface area contributed by atoms with Gasteiger partial charge in [-0.1, -0.05) is 151 Å². The highest BCUT2D eigenvalue weighted by Gasteiger charge is 2.48. The molecule has 3 nitrogen and oxygen atoms in total. The molecule has 0 radical (unpaired) electrons. The first-order valence-corrected chi connectivity index (χ1v) is 22.9. The summed E-state index contributed by atoms with van der Waals surface area (Å²) in [5.41, 5.74) is 16.4. The van der Waals surface area contributed by atoms with E-state index in [0.717, 1.165) is 83.9 Å². The second-order valence-electron chi connectivity index (χ2n) is 22.7. The molecule has 3 heterocycles. The lowest BCUT2D eigenvalue weighted by molar-refractivity contribution is 0.332. The first-order valence-electron chi connectivity index (χ1n) is 24.9. The minimum absolute atomic E-state index is 0.0448. The average Bonchev–Trinajstić information content (AvgIpc) is 3.62. The molecule has 2 aliphatic heterocycles. The third-order valence-corrected chi connectivity index (χ3v) is 14.0. The molecule has 0 unspecified atom stereocenters. The van der Waals surface area contributed by atoms with E-state index >= 15 is 0 Å². The highest BCUT2D eigenvalue weighted by atomic mass is 16.3. The summed E-state index contributed by atoms with van der Waals surface area (Å²) in [5, 5.41) is 0.893. The lowest BCUT2D eigenvalue weighted by atomic mass is 9.35. The third kappa shape index (κ3) is 6.60. The van der Waals surface area contributed by atoms with Crippen LogP contribution in [0.15, 0.2) is 120 Å². The summed E-state index contributed by atoms with van der Waals surface area (Å²) in [6.07, 6.45) is -4.34. The van der Waals surface area contributed by atoms with Crippen LogP contribution in [0.4, 0.5) is 34.1 Å². The lowest BCUT2D eigenvalue weighted by Gasteiger charge is -2.44. The van der Waals surface area contributed by atoms with Crippen molar-refractivity contribution in [3.63, 3.8) is 0 Å². The molecule has 0 atom stereocenters. The molecule has 0 fully saturated rings. The van der Waals surface area contributed by atoms with Gasteiger partial charge in [0, 0.05) is 39.2 Å². The van der Waals surface area contributed by atoms with Gasteiger partial charge in [0.2, 0.25) is 0 Å². The largest absolute Gasteiger partial charge is 0.468 e. The Labute approximate surface area is 383 Å². The lowest BCUT2D eigenvalue weighted by Crippen LogP contribution is -2.61. The van der Waals surface area contributed by atoms with E-state index in [1.165, 1.54) is 16.7 Å². The fourth-order valence-corrected chi connectivity index (χ4v) is 10.3. The zero-order valence-corrected chi connectivity index (χ0v) is 39.8. The Hall–Kier alpha value is -5.48. The Morgan fingerprint density at radius 1 is 0.571 bits per heavy atom. The van der Waals surface area contributed by atoms with Gasteiger partial charge in [-0.05, 0) is 151 Å². The van der Waals surface area contributed by atoms with Crippen LogP contribution < -0.4 is 26.4 Å². The van der Waals surface area contributed by atoms with Crippen LogP contribution >= 0.6 is 0 Å². The second kappa shape index (κ2) is 13.8. The van der Waals surface area contributed by atoms with E-state index in [-0.39, 0.29) is 23.0 Å². The van der Waals surface area contributed by atoms with Crippen LogP contribution in [0.5, 0.6) is 0 Å². The molecule has 320 valence electrons. The SMILES string of the molecule is [2H]C1([2H])C(C)(C)c2cc3oc4c(c3cc2C(C)(C)C1([2H])[2H])N(c1ccc(C(C)(C)C)cc1)c1cc(C)cc2c1B4c1cc(C(C)(C)C)ccc1N2c1ccc(C(C)(C)C)cc1-c1ccccc1. The van der Waals surface area contributed by atoms with E-state index in [9.17, 15) is 5.48 Å². The van der Waals surface area contributed by atoms with Gasteiger partial charge in [-0.15, -0.1) is 0 Å². The van der Waals surface area contributed by atoms with Gasteiger partial charge in [0.1, 0.15) is 5.58 Å². The summed E-state index contributed by atoms with van der Waals surface area (Å²) in [6.45, 7) is 29.7. The number of benzene rings is 6. The number of hydrogen-bond donors (Lipinski definition) is 0. The molecule has 0 spiro atoms. The number of rotatable bonds is 3. The van der Waals surface area contributed by atoms with Crippen LogP contribution in [0.3, 0.4) is 0 Å². The average molecular weight is 833 g/mol. The van der Waals surface area contributed by atoms with E-state index < -0.39 is 23.6 Å². The number of nitrogens with zero attached hydrogens (tertiary/aromatic N) is 2. The molecule has 0 bridgehead atoms. The molecule has 7 aromatic rings. The Bertz CT molecular complexity index is 3160. The van der Waals surface area contributed by atoms with Crippen molar-refractivity contribution in [2.45, 2.75) is 137 Å². The summed E-state index contributed by atoms with van der Waals surface area (Å²) in [5.74, 6) is 0. The fraction of sp³-hybridized carbons (Fsp3) is 0.356. The molecule has 0 amide bonds. The summed E-state index contributed by atoms with van der Waals surface area (Å²) >= 11 is 0. The first kappa shape index (κ1) is 37.0. The van der Waals surface area contributed by atoms with Crippen molar-refractivity contribution in [1.29, 1.82) is 0 Å². The minimum Gasteiger partial charge on any atom is -0.468 e. The van der Waals surface area contributed by atoms with E-state index in [2.05, 4.69) is 188 Å². The molecule has 6 aromatic carbocycles. The van der Waals surface area contributed by atoms with Gasteiger partial charge in [-0.3, -0.25) is 0 Å². The van der Waals surface area contributed by atoms with Crippen LogP contribution in [0.1, 0.15) is 142 Å². The summed E-state index contributed by atoms with van der Waals surface area (Å²) in [7, 11) is 0. The summed E-state index contributed by atoms with van der Waals surface area (Å²) in [6, 6.07) is 42.7. The second-order valence-corrected chi connectivity index (χ2v) is 22.7. The van der Waals surface area contributed by atoms with Gasteiger partial charge >= 0.3 is 0 Å². The van der Waals surface area contributed by atoms with Crippen LogP contribution in [0, 0.1) is 6.92 Å². The molecule has 0 saturated heterocycles. The Balaban J connectivity index is 1.34. The van der Waals surface area contributed by atoms with Crippen molar-refractivity contribution in [2.24, 2.45) is 0 Å². The van der Waals surface area contributed by atoms with E-state index in [0.29, 0.717) is 5.58 Å². The molecular weight excluding hydrogens is 763 g/mol. The normalized spacial score (nSPS) is 19.0. The highest BCUT2D eigenvalue weighted by molar-refractivity contribution is 7.00. The van der Waals surface area contributed by atoms with E-state index in [1.54, 1.807) is 0 Å². The predicted octanol–water partition coefficient (Wildman–Crippen LogP) is 14.7. The smallest absolute Gasteiger partial charge is 0.297 e. The monoisotopic (exact) mass is 833 g/mol. The number of aryl methyl sites for hydroxylation is 1. The van der Waals surface area contributed by atoms with Crippen molar-refractivity contribution in [1.82, 2.24) is 0 Å². The van der Waals surface area contributed by atoms with Crippen molar-refractivity contribution < 1.29 is 9.90 Å². The quantitative estimate of drug-likeness (QED) is 0.165. The Kier molecular flexibility index (Phi) is 8.07. The molecule has 1 aliphatic carbocycles. The molecule has 4 heteroatoms. The minimum atomic E-state index is -2.17. The van der Waals surface area contributed by atoms with Crippen molar-refractivity contribution in [3.05, 3.63) is 149 Å². The predicted molar refractivity (Wildman–Crippen MR) is 272 cm³/mol. The summed E-state index contributed by atoms with van der Waals surface area (Å²) < 4.78 is 45.1. The number of fused-ring (bicyclic) bond motifs is 7. The van der Waals surface area contributed by atoms with Crippen molar-refractivity contribution in [2.75, 3.05) is 9.80 Å². The maximum absolute atomic E-state index is 9.44. The van der Waals surface area contributed by atoms with Gasteiger partial charge in [0.15, 0.2) is 0 Å². The number of hydrogen-bond acceptors (Lipinski definition) is 3. The molecule has 3 aliphatic rings. The van der Waals surface area contributed by atoms with Crippen LogP contribution in [-0.2, 0) is 27.1 Å². The first-order chi connectivity index (χ1) is 31.1. The van der Waals surface area contributed by atoms with Crippen LogP contribution in [0.25, 0.3) is 22.1 Å². The Morgan fingerprint density at radius 3 is 1.71 bits per heavy atom. The van der Waals surface area contributed by atoms with Crippen molar-refractivity contribution >= 4 is 68.4 Å². The summed E-state index contributed by atoms with van der Waals surface area (Å²) in [4.78, 5) is 4.90. The molecule has 0 N–H and O–H groups in total. The maximum atomic E-state index is 9.44. The van der Waals surface area contributed by atoms with E-state index in [4.69, 9.17) is 4.42 Å². The maximum Gasteiger partial charge on any atom is 0.297 e.